The van der Waals surface area contributed by atoms with Gasteiger partial charge in [-0.15, -0.1) is 0 Å². The summed E-state index contributed by atoms with van der Waals surface area (Å²) in [7, 11) is 0. The van der Waals surface area contributed by atoms with E-state index in [1.807, 2.05) is 25.1 Å². The first kappa shape index (κ1) is 14.6. The van der Waals surface area contributed by atoms with Crippen LogP contribution in [0.4, 0.5) is 0 Å². The van der Waals surface area contributed by atoms with Crippen molar-refractivity contribution in [2.24, 2.45) is 5.73 Å². The maximum absolute atomic E-state index is 6.43. The molecule has 0 saturated heterocycles. The standard InChI is InChI=1S/C17H22ClN3/c1-11(19)17(13-7-3-4-8-14(13)18)21-12(2)20-15-9-5-6-10-16(15)21/h3-4,7-8,11,17H,5-6,9-10,19H2,1-2H3. The number of aryl methyl sites for hydroxylation is 2. The predicted molar refractivity (Wildman–Crippen MR) is 86.8 cm³/mol. The highest BCUT2D eigenvalue weighted by atomic mass is 35.5. The van der Waals surface area contributed by atoms with Gasteiger partial charge in [0.25, 0.3) is 0 Å². The van der Waals surface area contributed by atoms with Crippen LogP contribution in [0.5, 0.6) is 0 Å². The molecule has 2 N–H and O–H groups in total. The molecule has 4 heteroatoms. The molecule has 1 heterocycles. The van der Waals surface area contributed by atoms with E-state index in [2.05, 4.69) is 17.6 Å². The summed E-state index contributed by atoms with van der Waals surface area (Å²) in [6, 6.07) is 8.02. The number of halogens is 1. The molecule has 0 bridgehead atoms. The predicted octanol–water partition coefficient (Wildman–Crippen LogP) is 3.66. The van der Waals surface area contributed by atoms with Crippen molar-refractivity contribution in [3.8, 4) is 0 Å². The maximum Gasteiger partial charge on any atom is 0.106 e. The number of benzene rings is 1. The molecule has 2 atom stereocenters. The highest BCUT2D eigenvalue weighted by Gasteiger charge is 2.27. The summed E-state index contributed by atoms with van der Waals surface area (Å²) in [5.74, 6) is 1.05. The van der Waals surface area contributed by atoms with Crippen molar-refractivity contribution in [2.45, 2.75) is 51.6 Å². The van der Waals surface area contributed by atoms with Crippen molar-refractivity contribution in [1.29, 1.82) is 0 Å². The van der Waals surface area contributed by atoms with Crippen LogP contribution < -0.4 is 5.73 Å². The topological polar surface area (TPSA) is 43.8 Å². The molecule has 0 saturated carbocycles. The number of aromatic nitrogens is 2. The smallest absolute Gasteiger partial charge is 0.106 e. The Morgan fingerprint density at radius 2 is 1.95 bits per heavy atom. The number of hydrogen-bond donors (Lipinski definition) is 1. The fourth-order valence-electron chi connectivity index (χ4n) is 3.44. The van der Waals surface area contributed by atoms with Gasteiger partial charge in [0.2, 0.25) is 0 Å². The zero-order valence-electron chi connectivity index (χ0n) is 12.6. The van der Waals surface area contributed by atoms with E-state index in [1.54, 1.807) is 0 Å². The van der Waals surface area contributed by atoms with Gasteiger partial charge in [0.15, 0.2) is 0 Å². The third-order valence-electron chi connectivity index (χ3n) is 4.35. The molecule has 1 aromatic heterocycles. The van der Waals surface area contributed by atoms with Gasteiger partial charge in [0.1, 0.15) is 5.82 Å². The Morgan fingerprint density at radius 3 is 2.67 bits per heavy atom. The molecule has 1 aromatic carbocycles. The van der Waals surface area contributed by atoms with E-state index < -0.39 is 0 Å². The molecule has 0 fully saturated rings. The second-order valence-electron chi connectivity index (χ2n) is 5.95. The molecule has 2 unspecified atom stereocenters. The number of hydrogen-bond acceptors (Lipinski definition) is 2. The van der Waals surface area contributed by atoms with Crippen LogP contribution in [0.1, 0.15) is 48.6 Å². The van der Waals surface area contributed by atoms with Gasteiger partial charge in [-0.05, 0) is 51.2 Å². The minimum atomic E-state index is -0.0242. The van der Waals surface area contributed by atoms with Crippen LogP contribution in [0.15, 0.2) is 24.3 Å². The van der Waals surface area contributed by atoms with E-state index in [9.17, 15) is 0 Å². The Balaban J connectivity index is 2.15. The lowest BCUT2D eigenvalue weighted by Gasteiger charge is -2.28. The zero-order chi connectivity index (χ0) is 15.0. The molecular weight excluding hydrogens is 282 g/mol. The van der Waals surface area contributed by atoms with Crippen molar-refractivity contribution in [3.63, 3.8) is 0 Å². The second-order valence-corrected chi connectivity index (χ2v) is 6.36. The second kappa shape index (κ2) is 5.82. The quantitative estimate of drug-likeness (QED) is 0.940. The van der Waals surface area contributed by atoms with Crippen molar-refractivity contribution in [1.82, 2.24) is 9.55 Å². The Hall–Kier alpha value is -1.32. The fourth-order valence-corrected chi connectivity index (χ4v) is 3.69. The number of nitrogens with zero attached hydrogens (tertiary/aromatic N) is 2. The van der Waals surface area contributed by atoms with Crippen molar-refractivity contribution >= 4 is 11.6 Å². The van der Waals surface area contributed by atoms with Crippen LogP contribution >= 0.6 is 11.6 Å². The van der Waals surface area contributed by atoms with Crippen LogP contribution in [-0.2, 0) is 12.8 Å². The first-order valence-corrected chi connectivity index (χ1v) is 8.04. The minimum absolute atomic E-state index is 0.0242. The van der Waals surface area contributed by atoms with E-state index in [0.29, 0.717) is 0 Å². The summed E-state index contributed by atoms with van der Waals surface area (Å²) in [6.07, 6.45) is 4.63. The Labute approximate surface area is 131 Å². The lowest BCUT2D eigenvalue weighted by Crippen LogP contribution is -2.32. The van der Waals surface area contributed by atoms with Gasteiger partial charge in [-0.3, -0.25) is 0 Å². The molecule has 112 valence electrons. The molecule has 0 aliphatic heterocycles. The lowest BCUT2D eigenvalue weighted by atomic mass is 9.97. The molecule has 3 nitrogen and oxygen atoms in total. The Morgan fingerprint density at radius 1 is 1.24 bits per heavy atom. The summed E-state index contributed by atoms with van der Waals surface area (Å²) in [4.78, 5) is 4.77. The summed E-state index contributed by atoms with van der Waals surface area (Å²) < 4.78 is 2.32. The van der Waals surface area contributed by atoms with Gasteiger partial charge in [-0.25, -0.2) is 4.98 Å². The largest absolute Gasteiger partial charge is 0.326 e. The van der Waals surface area contributed by atoms with Gasteiger partial charge in [0.05, 0.1) is 11.7 Å². The van der Waals surface area contributed by atoms with Gasteiger partial charge in [-0.2, -0.15) is 0 Å². The van der Waals surface area contributed by atoms with E-state index in [0.717, 1.165) is 29.3 Å². The lowest BCUT2D eigenvalue weighted by molar-refractivity contribution is 0.465. The number of imidazole rings is 1. The van der Waals surface area contributed by atoms with E-state index in [-0.39, 0.29) is 12.1 Å². The average molecular weight is 304 g/mol. The Kier molecular flexibility index (Phi) is 4.05. The maximum atomic E-state index is 6.43. The molecule has 0 amide bonds. The van der Waals surface area contributed by atoms with Gasteiger partial charge in [-0.1, -0.05) is 29.8 Å². The Bertz CT molecular complexity index is 645. The van der Waals surface area contributed by atoms with Gasteiger partial charge >= 0.3 is 0 Å². The average Bonchev–Trinajstić information content (AvgIpc) is 2.78. The SMILES string of the molecule is Cc1nc2c(n1C(c1ccccc1Cl)C(C)N)CCCC2. The van der Waals surface area contributed by atoms with Gasteiger partial charge < -0.3 is 10.3 Å². The first-order valence-electron chi connectivity index (χ1n) is 7.66. The number of fused-ring (bicyclic) bond motifs is 1. The molecule has 3 rings (SSSR count). The first-order chi connectivity index (χ1) is 10.1. The summed E-state index contributed by atoms with van der Waals surface area (Å²) in [5, 5.41) is 0.775. The number of nitrogens with two attached hydrogens (primary N) is 1. The molecular formula is C17H22ClN3. The van der Waals surface area contributed by atoms with Crippen molar-refractivity contribution < 1.29 is 0 Å². The third kappa shape index (κ3) is 2.60. The van der Waals surface area contributed by atoms with Crippen LogP contribution in [0.25, 0.3) is 0 Å². The molecule has 21 heavy (non-hydrogen) atoms. The van der Waals surface area contributed by atoms with Crippen LogP contribution in [0.3, 0.4) is 0 Å². The summed E-state index contributed by atoms with van der Waals surface area (Å²) >= 11 is 6.43. The van der Waals surface area contributed by atoms with E-state index >= 15 is 0 Å². The molecule has 0 spiro atoms. The minimum Gasteiger partial charge on any atom is -0.326 e. The normalized spacial score (nSPS) is 17.3. The molecule has 2 aromatic rings. The highest BCUT2D eigenvalue weighted by molar-refractivity contribution is 6.31. The molecule has 1 aliphatic rings. The third-order valence-corrected chi connectivity index (χ3v) is 4.69. The van der Waals surface area contributed by atoms with Gasteiger partial charge in [0, 0.05) is 16.8 Å². The van der Waals surface area contributed by atoms with E-state index in [4.69, 9.17) is 22.3 Å². The van der Waals surface area contributed by atoms with Crippen LogP contribution in [0.2, 0.25) is 5.02 Å². The molecule has 0 radical (unpaired) electrons. The fraction of sp³-hybridized carbons (Fsp3) is 0.471. The zero-order valence-corrected chi connectivity index (χ0v) is 13.4. The monoisotopic (exact) mass is 303 g/mol. The van der Waals surface area contributed by atoms with Crippen molar-refractivity contribution in [3.05, 3.63) is 52.1 Å². The van der Waals surface area contributed by atoms with Crippen LogP contribution in [-0.4, -0.2) is 15.6 Å². The summed E-state index contributed by atoms with van der Waals surface area (Å²) in [5.41, 5.74) is 10.0. The number of rotatable bonds is 3. The molecule has 1 aliphatic carbocycles. The van der Waals surface area contributed by atoms with E-state index in [1.165, 1.54) is 24.2 Å². The summed E-state index contributed by atoms with van der Waals surface area (Å²) in [6.45, 7) is 4.12. The highest BCUT2D eigenvalue weighted by Crippen LogP contribution is 2.33. The van der Waals surface area contributed by atoms with Crippen LogP contribution in [0, 0.1) is 6.92 Å². The van der Waals surface area contributed by atoms with Crippen molar-refractivity contribution in [2.75, 3.05) is 0 Å².